The highest BCUT2D eigenvalue weighted by Gasteiger charge is 2.06. The standard InChI is InChI=1S/C18H20N4S/c1-14(15-6-3-2-4-7-15)21-17-10-12-20-18(22-17)19-11-9-16-8-5-13-23-16/h2-8,10,12-14H,9,11H2,1H3,(H2,19,20,21,22). The van der Waals surface area contributed by atoms with Crippen LogP contribution in [0.1, 0.15) is 23.4 Å². The first kappa shape index (κ1) is 15.5. The van der Waals surface area contributed by atoms with Gasteiger partial charge in [0.1, 0.15) is 5.82 Å². The second kappa shape index (κ2) is 7.74. The molecule has 1 atom stereocenters. The van der Waals surface area contributed by atoms with Crippen LogP contribution in [-0.4, -0.2) is 16.5 Å². The molecule has 0 saturated heterocycles. The molecule has 0 bridgehead atoms. The van der Waals surface area contributed by atoms with Crippen LogP contribution < -0.4 is 10.6 Å². The van der Waals surface area contributed by atoms with Crippen molar-refractivity contribution in [2.24, 2.45) is 0 Å². The van der Waals surface area contributed by atoms with E-state index < -0.39 is 0 Å². The SMILES string of the molecule is CC(Nc1ccnc(NCCc2cccs2)n1)c1ccccc1. The van der Waals surface area contributed by atoms with E-state index in [1.54, 1.807) is 17.5 Å². The third kappa shape index (κ3) is 4.53. The van der Waals surface area contributed by atoms with Crippen molar-refractivity contribution in [3.8, 4) is 0 Å². The minimum absolute atomic E-state index is 0.199. The first-order valence-corrected chi connectivity index (χ1v) is 8.60. The summed E-state index contributed by atoms with van der Waals surface area (Å²) in [5.74, 6) is 1.49. The maximum Gasteiger partial charge on any atom is 0.224 e. The van der Waals surface area contributed by atoms with Crippen LogP contribution in [0.2, 0.25) is 0 Å². The summed E-state index contributed by atoms with van der Waals surface area (Å²) in [6.07, 6.45) is 2.76. The van der Waals surface area contributed by atoms with Crippen molar-refractivity contribution in [2.75, 3.05) is 17.2 Å². The monoisotopic (exact) mass is 324 g/mol. The van der Waals surface area contributed by atoms with Crippen molar-refractivity contribution in [3.05, 3.63) is 70.5 Å². The van der Waals surface area contributed by atoms with Gasteiger partial charge < -0.3 is 10.6 Å². The fraction of sp³-hybridized carbons (Fsp3) is 0.222. The minimum atomic E-state index is 0.199. The molecule has 0 amide bonds. The van der Waals surface area contributed by atoms with Gasteiger partial charge in [0, 0.05) is 23.7 Å². The van der Waals surface area contributed by atoms with Gasteiger partial charge in [-0.2, -0.15) is 4.98 Å². The molecule has 5 heteroatoms. The fourth-order valence-corrected chi connectivity index (χ4v) is 3.03. The quantitative estimate of drug-likeness (QED) is 0.678. The van der Waals surface area contributed by atoms with Crippen LogP contribution in [-0.2, 0) is 6.42 Å². The summed E-state index contributed by atoms with van der Waals surface area (Å²) in [7, 11) is 0. The van der Waals surface area contributed by atoms with Gasteiger partial charge in [0.15, 0.2) is 0 Å². The van der Waals surface area contributed by atoms with Crippen molar-refractivity contribution in [3.63, 3.8) is 0 Å². The Balaban J connectivity index is 1.56. The number of hydrogen-bond acceptors (Lipinski definition) is 5. The highest BCUT2D eigenvalue weighted by molar-refractivity contribution is 7.09. The molecule has 0 fully saturated rings. The molecular weight excluding hydrogens is 304 g/mol. The first-order valence-electron chi connectivity index (χ1n) is 7.72. The summed E-state index contributed by atoms with van der Waals surface area (Å²) in [5, 5.41) is 8.79. The molecular formula is C18H20N4S. The lowest BCUT2D eigenvalue weighted by Crippen LogP contribution is -2.11. The number of benzene rings is 1. The van der Waals surface area contributed by atoms with Crippen molar-refractivity contribution in [1.82, 2.24) is 9.97 Å². The van der Waals surface area contributed by atoms with E-state index in [0.29, 0.717) is 5.95 Å². The predicted molar refractivity (Wildman–Crippen MR) is 97.0 cm³/mol. The Morgan fingerprint density at radius 1 is 1.09 bits per heavy atom. The van der Waals surface area contributed by atoms with Crippen molar-refractivity contribution < 1.29 is 0 Å². The molecule has 0 aliphatic rings. The Hall–Kier alpha value is -2.40. The van der Waals surface area contributed by atoms with Gasteiger partial charge in [0.05, 0.1) is 0 Å². The minimum Gasteiger partial charge on any atom is -0.363 e. The van der Waals surface area contributed by atoms with Crippen molar-refractivity contribution >= 4 is 23.1 Å². The van der Waals surface area contributed by atoms with E-state index in [-0.39, 0.29) is 6.04 Å². The molecule has 2 aromatic heterocycles. The third-order valence-electron chi connectivity index (χ3n) is 3.55. The summed E-state index contributed by atoms with van der Waals surface area (Å²) >= 11 is 1.77. The average molecular weight is 324 g/mol. The lowest BCUT2D eigenvalue weighted by atomic mass is 10.1. The summed E-state index contributed by atoms with van der Waals surface area (Å²) < 4.78 is 0. The van der Waals surface area contributed by atoms with Gasteiger partial charge in [-0.25, -0.2) is 4.98 Å². The first-order chi connectivity index (χ1) is 11.3. The summed E-state index contributed by atoms with van der Waals surface area (Å²) in [6, 6.07) is 16.7. The maximum atomic E-state index is 4.53. The van der Waals surface area contributed by atoms with Crippen LogP contribution in [0.15, 0.2) is 60.1 Å². The van der Waals surface area contributed by atoms with Gasteiger partial charge in [-0.15, -0.1) is 11.3 Å². The largest absolute Gasteiger partial charge is 0.363 e. The Morgan fingerprint density at radius 3 is 2.74 bits per heavy atom. The molecule has 1 unspecified atom stereocenters. The molecule has 23 heavy (non-hydrogen) atoms. The molecule has 0 saturated carbocycles. The van der Waals surface area contributed by atoms with Crippen LogP contribution in [0.25, 0.3) is 0 Å². The van der Waals surface area contributed by atoms with E-state index in [9.17, 15) is 0 Å². The maximum absolute atomic E-state index is 4.53. The second-order valence-corrected chi connectivity index (χ2v) is 6.33. The molecule has 0 radical (unpaired) electrons. The predicted octanol–water partition coefficient (Wildman–Crippen LogP) is 4.37. The van der Waals surface area contributed by atoms with Gasteiger partial charge in [-0.1, -0.05) is 36.4 Å². The van der Waals surface area contributed by atoms with Crippen molar-refractivity contribution in [1.29, 1.82) is 0 Å². The average Bonchev–Trinajstić information content (AvgIpc) is 3.09. The van der Waals surface area contributed by atoms with E-state index >= 15 is 0 Å². The molecule has 1 aromatic carbocycles. The fourth-order valence-electron chi connectivity index (χ4n) is 2.32. The molecule has 0 aliphatic heterocycles. The van der Waals surface area contributed by atoms with Gasteiger partial charge in [0.25, 0.3) is 0 Å². The summed E-state index contributed by atoms with van der Waals surface area (Å²) in [6.45, 7) is 2.96. The number of thiophene rings is 1. The number of aromatic nitrogens is 2. The van der Waals surface area contributed by atoms with Gasteiger partial charge in [0.2, 0.25) is 5.95 Å². The molecule has 0 aliphatic carbocycles. The van der Waals surface area contributed by atoms with Crippen molar-refractivity contribution in [2.45, 2.75) is 19.4 Å². The smallest absolute Gasteiger partial charge is 0.224 e. The van der Waals surface area contributed by atoms with Crippen LogP contribution in [0.3, 0.4) is 0 Å². The lowest BCUT2D eigenvalue weighted by molar-refractivity contribution is 0.871. The zero-order valence-corrected chi connectivity index (χ0v) is 13.9. The molecule has 0 spiro atoms. The molecule has 3 rings (SSSR count). The van der Waals surface area contributed by atoms with E-state index in [0.717, 1.165) is 18.8 Å². The topological polar surface area (TPSA) is 49.8 Å². The number of rotatable bonds is 7. The van der Waals surface area contributed by atoms with Gasteiger partial charge in [-0.05, 0) is 36.4 Å². The molecule has 118 valence electrons. The second-order valence-electron chi connectivity index (χ2n) is 5.30. The van der Waals surface area contributed by atoms with E-state index in [4.69, 9.17) is 0 Å². The van der Waals surface area contributed by atoms with Gasteiger partial charge >= 0.3 is 0 Å². The number of nitrogens with zero attached hydrogens (tertiary/aromatic N) is 2. The zero-order chi connectivity index (χ0) is 15.9. The summed E-state index contributed by atoms with van der Waals surface area (Å²) in [4.78, 5) is 10.2. The van der Waals surface area contributed by atoms with Gasteiger partial charge in [-0.3, -0.25) is 0 Å². The van der Waals surface area contributed by atoms with Crippen LogP contribution in [0.4, 0.5) is 11.8 Å². The normalized spacial score (nSPS) is 11.9. The van der Waals surface area contributed by atoms with E-state index in [1.807, 2.05) is 24.3 Å². The van der Waals surface area contributed by atoms with Crippen LogP contribution in [0, 0.1) is 0 Å². The molecule has 2 N–H and O–H groups in total. The van der Waals surface area contributed by atoms with Crippen LogP contribution in [0.5, 0.6) is 0 Å². The summed E-state index contributed by atoms with van der Waals surface area (Å²) in [5.41, 5.74) is 1.23. The molecule has 2 heterocycles. The van der Waals surface area contributed by atoms with Crippen LogP contribution >= 0.6 is 11.3 Å². The highest BCUT2D eigenvalue weighted by atomic mass is 32.1. The number of hydrogen-bond donors (Lipinski definition) is 2. The number of anilines is 2. The van der Waals surface area contributed by atoms with E-state index in [2.05, 4.69) is 57.2 Å². The Labute approximate surface area is 140 Å². The Morgan fingerprint density at radius 2 is 1.96 bits per heavy atom. The highest BCUT2D eigenvalue weighted by Crippen LogP contribution is 2.18. The zero-order valence-electron chi connectivity index (χ0n) is 13.1. The number of nitrogens with one attached hydrogen (secondary N) is 2. The molecule has 3 aromatic rings. The van der Waals surface area contributed by atoms with E-state index in [1.165, 1.54) is 10.4 Å². The third-order valence-corrected chi connectivity index (χ3v) is 4.49. The lowest BCUT2D eigenvalue weighted by Gasteiger charge is -2.15. The Bertz CT molecular complexity index is 713. The Kier molecular flexibility index (Phi) is 5.21. The molecule has 4 nitrogen and oxygen atoms in total.